The topological polar surface area (TPSA) is 17.0 Å². The summed E-state index contributed by atoms with van der Waals surface area (Å²) in [5, 5.41) is 3.37. The van der Waals surface area contributed by atoms with Crippen LogP contribution in [-0.2, 0) is 13.1 Å². The van der Waals surface area contributed by atoms with Gasteiger partial charge in [-0.2, -0.15) is 0 Å². The van der Waals surface area contributed by atoms with Crippen LogP contribution < -0.4 is 5.32 Å². The van der Waals surface area contributed by atoms with Crippen molar-refractivity contribution in [2.45, 2.75) is 30.8 Å². The van der Waals surface area contributed by atoms with E-state index in [0.717, 1.165) is 19.6 Å². The fourth-order valence-corrected chi connectivity index (χ4v) is 3.85. The van der Waals surface area contributed by atoms with E-state index in [1.807, 2.05) is 11.8 Å². The van der Waals surface area contributed by atoms with Crippen molar-refractivity contribution >= 4 is 11.8 Å². The predicted octanol–water partition coefficient (Wildman–Crippen LogP) is 3.49. The van der Waals surface area contributed by atoms with Gasteiger partial charge in [0.2, 0.25) is 0 Å². The van der Waals surface area contributed by atoms with Crippen LogP contribution in [0, 0.1) is 0 Å². The van der Waals surface area contributed by atoms with Crippen molar-refractivity contribution in [2.24, 2.45) is 0 Å². The molecule has 0 spiro atoms. The van der Waals surface area contributed by atoms with Crippen LogP contribution in [0.1, 0.15) is 24.0 Å². The zero-order valence-electron chi connectivity index (χ0n) is 11.3. The predicted molar refractivity (Wildman–Crippen MR) is 81.7 cm³/mol. The van der Waals surface area contributed by atoms with Crippen molar-refractivity contribution in [2.75, 3.05) is 12.3 Å². The number of nitrogens with zero attached hydrogens (tertiary/aromatic N) is 1. The molecule has 1 unspecified atom stereocenters. The van der Waals surface area contributed by atoms with Gasteiger partial charge in [0.1, 0.15) is 0 Å². The third-order valence-electron chi connectivity index (χ3n) is 3.62. The molecule has 100 valence electrons. The fraction of sp³-hybridized carbons (Fsp3) is 0.375. The molecule has 1 N–H and O–H groups in total. The standard InChI is InChI=1S/C16H20N2S/c1-2-17-9-13-7-8-18(10-13)11-14-12-19-16-6-4-3-5-15(14)16/h3-8,10,14,17H,2,9,11-12H2,1H3. The first-order valence-corrected chi connectivity index (χ1v) is 7.92. The number of aromatic nitrogens is 1. The maximum absolute atomic E-state index is 3.37. The van der Waals surface area contributed by atoms with E-state index in [0.29, 0.717) is 5.92 Å². The molecule has 0 radical (unpaired) electrons. The first-order valence-electron chi connectivity index (χ1n) is 6.94. The second kappa shape index (κ2) is 5.85. The highest BCUT2D eigenvalue weighted by molar-refractivity contribution is 7.99. The Balaban J connectivity index is 1.68. The summed E-state index contributed by atoms with van der Waals surface area (Å²) < 4.78 is 2.33. The molecule has 3 rings (SSSR count). The largest absolute Gasteiger partial charge is 0.353 e. The smallest absolute Gasteiger partial charge is 0.0297 e. The molecule has 0 saturated heterocycles. The molecule has 0 amide bonds. The van der Waals surface area contributed by atoms with Crippen molar-refractivity contribution < 1.29 is 0 Å². The highest BCUT2D eigenvalue weighted by Crippen LogP contribution is 2.40. The number of rotatable bonds is 5. The number of nitrogens with one attached hydrogen (secondary N) is 1. The summed E-state index contributed by atoms with van der Waals surface area (Å²) in [5.41, 5.74) is 2.90. The van der Waals surface area contributed by atoms with E-state index in [9.17, 15) is 0 Å². The average Bonchev–Trinajstić information content (AvgIpc) is 3.05. The summed E-state index contributed by atoms with van der Waals surface area (Å²) in [6.45, 7) is 5.23. The average molecular weight is 272 g/mol. The van der Waals surface area contributed by atoms with Crippen LogP contribution in [0.15, 0.2) is 47.6 Å². The molecule has 0 saturated carbocycles. The zero-order valence-corrected chi connectivity index (χ0v) is 12.1. The molecule has 19 heavy (non-hydrogen) atoms. The lowest BCUT2D eigenvalue weighted by Crippen LogP contribution is -2.11. The molecule has 2 heterocycles. The Kier molecular flexibility index (Phi) is 3.95. The van der Waals surface area contributed by atoms with Crippen LogP contribution in [0.4, 0.5) is 0 Å². The summed E-state index contributed by atoms with van der Waals surface area (Å²) in [5.74, 6) is 1.86. The number of hydrogen-bond acceptors (Lipinski definition) is 2. The first kappa shape index (κ1) is 12.8. The van der Waals surface area contributed by atoms with E-state index in [1.165, 1.54) is 21.8 Å². The SMILES string of the molecule is CCNCc1ccn(CC2CSc3ccccc32)c1. The van der Waals surface area contributed by atoms with E-state index < -0.39 is 0 Å². The Morgan fingerprint density at radius 2 is 2.21 bits per heavy atom. The lowest BCUT2D eigenvalue weighted by Gasteiger charge is -2.11. The molecule has 0 aliphatic carbocycles. The molecule has 2 nitrogen and oxygen atoms in total. The monoisotopic (exact) mass is 272 g/mol. The minimum absolute atomic E-state index is 0.653. The van der Waals surface area contributed by atoms with Crippen molar-refractivity contribution in [3.8, 4) is 0 Å². The molecule has 2 aromatic rings. The van der Waals surface area contributed by atoms with E-state index in [2.05, 4.69) is 59.5 Å². The molecule has 1 aliphatic rings. The normalized spacial score (nSPS) is 17.6. The molecule has 0 fully saturated rings. The van der Waals surface area contributed by atoms with E-state index in [1.54, 1.807) is 0 Å². The van der Waals surface area contributed by atoms with Crippen LogP contribution >= 0.6 is 11.8 Å². The minimum Gasteiger partial charge on any atom is -0.353 e. The van der Waals surface area contributed by atoms with Gasteiger partial charge in [0, 0.05) is 42.0 Å². The minimum atomic E-state index is 0.653. The van der Waals surface area contributed by atoms with Crippen LogP contribution in [0.5, 0.6) is 0 Å². The summed E-state index contributed by atoms with van der Waals surface area (Å²) in [6.07, 6.45) is 4.48. The van der Waals surface area contributed by atoms with Gasteiger partial charge in [-0.1, -0.05) is 25.1 Å². The Labute approximate surface area is 119 Å². The second-order valence-electron chi connectivity index (χ2n) is 5.04. The van der Waals surface area contributed by atoms with Crippen molar-refractivity contribution in [3.63, 3.8) is 0 Å². The Morgan fingerprint density at radius 3 is 3.11 bits per heavy atom. The molecule has 1 aromatic heterocycles. The van der Waals surface area contributed by atoms with Gasteiger partial charge in [0.15, 0.2) is 0 Å². The maximum Gasteiger partial charge on any atom is 0.0297 e. The van der Waals surface area contributed by atoms with Crippen LogP contribution in [0.25, 0.3) is 0 Å². The molecular formula is C16H20N2S. The molecule has 0 bridgehead atoms. The summed E-state index contributed by atoms with van der Waals surface area (Å²) in [7, 11) is 0. The van der Waals surface area contributed by atoms with E-state index in [-0.39, 0.29) is 0 Å². The lowest BCUT2D eigenvalue weighted by molar-refractivity contribution is 0.605. The third kappa shape index (κ3) is 2.88. The molecule has 1 aliphatic heterocycles. The number of thioether (sulfide) groups is 1. The molecular weight excluding hydrogens is 252 g/mol. The van der Waals surface area contributed by atoms with Crippen molar-refractivity contribution in [1.29, 1.82) is 0 Å². The summed E-state index contributed by atoms with van der Waals surface area (Å²) >= 11 is 1.99. The van der Waals surface area contributed by atoms with Crippen LogP contribution in [0.3, 0.4) is 0 Å². The van der Waals surface area contributed by atoms with E-state index in [4.69, 9.17) is 0 Å². The van der Waals surface area contributed by atoms with Gasteiger partial charge in [0.05, 0.1) is 0 Å². The van der Waals surface area contributed by atoms with Crippen molar-refractivity contribution in [1.82, 2.24) is 9.88 Å². The maximum atomic E-state index is 3.37. The van der Waals surface area contributed by atoms with Crippen molar-refractivity contribution in [3.05, 3.63) is 53.9 Å². The van der Waals surface area contributed by atoms with Crippen LogP contribution in [0.2, 0.25) is 0 Å². The number of fused-ring (bicyclic) bond motifs is 1. The number of benzene rings is 1. The quantitative estimate of drug-likeness (QED) is 0.897. The fourth-order valence-electron chi connectivity index (χ4n) is 2.61. The molecule has 3 heteroatoms. The van der Waals surface area contributed by atoms with Gasteiger partial charge >= 0.3 is 0 Å². The second-order valence-corrected chi connectivity index (χ2v) is 6.10. The highest BCUT2D eigenvalue weighted by atomic mass is 32.2. The summed E-state index contributed by atoms with van der Waals surface area (Å²) in [4.78, 5) is 1.47. The summed E-state index contributed by atoms with van der Waals surface area (Å²) in [6, 6.07) is 11.0. The lowest BCUT2D eigenvalue weighted by atomic mass is 10.0. The molecule has 1 aromatic carbocycles. The van der Waals surface area contributed by atoms with Gasteiger partial charge in [-0.3, -0.25) is 0 Å². The van der Waals surface area contributed by atoms with Crippen LogP contribution in [-0.4, -0.2) is 16.9 Å². The zero-order chi connectivity index (χ0) is 13.1. The van der Waals surface area contributed by atoms with Gasteiger partial charge < -0.3 is 9.88 Å². The highest BCUT2D eigenvalue weighted by Gasteiger charge is 2.22. The van der Waals surface area contributed by atoms with E-state index >= 15 is 0 Å². The Hall–Kier alpha value is -1.19. The molecule has 1 atom stereocenters. The van der Waals surface area contributed by atoms with Gasteiger partial charge in [-0.05, 0) is 29.8 Å². The first-order chi connectivity index (χ1) is 9.36. The van der Waals surface area contributed by atoms with Gasteiger partial charge in [-0.25, -0.2) is 0 Å². The van der Waals surface area contributed by atoms with Gasteiger partial charge in [-0.15, -0.1) is 11.8 Å². The Morgan fingerprint density at radius 1 is 1.32 bits per heavy atom. The third-order valence-corrected chi connectivity index (χ3v) is 4.87. The number of hydrogen-bond donors (Lipinski definition) is 1. The Bertz CT molecular complexity index is 547. The van der Waals surface area contributed by atoms with Gasteiger partial charge in [0.25, 0.3) is 0 Å².